The average Bonchev–Trinajstić information content (AvgIpc) is 3.58. The number of allylic oxidation sites excluding steroid dienone is 1. The van der Waals surface area contributed by atoms with Gasteiger partial charge in [0.05, 0.1) is 22.6 Å². The van der Waals surface area contributed by atoms with Crippen molar-refractivity contribution in [3.8, 4) is 12.1 Å². The molecule has 200 valence electrons. The Bertz CT molecular complexity index is 1770. The molecule has 3 aromatic rings. The van der Waals surface area contributed by atoms with Crippen molar-refractivity contribution in [3.05, 3.63) is 100 Å². The number of rotatable bonds is 6. The molecule has 0 aromatic heterocycles. The summed E-state index contributed by atoms with van der Waals surface area (Å²) in [6, 6.07) is 22.4. The molecule has 1 amide bonds. The molecule has 2 aliphatic rings. The van der Waals surface area contributed by atoms with E-state index in [1.54, 1.807) is 56.3 Å². The van der Waals surface area contributed by atoms with Crippen molar-refractivity contribution in [3.63, 3.8) is 0 Å². The molecule has 1 aliphatic carbocycles. The van der Waals surface area contributed by atoms with Crippen LogP contribution in [0.1, 0.15) is 30.0 Å². The smallest absolute Gasteiger partial charge is 0.318 e. The van der Waals surface area contributed by atoms with Crippen LogP contribution in [0.2, 0.25) is 5.02 Å². The van der Waals surface area contributed by atoms with E-state index < -0.39 is 32.7 Å². The quantitative estimate of drug-likeness (QED) is 0.298. The van der Waals surface area contributed by atoms with Crippen molar-refractivity contribution in [2.45, 2.75) is 30.6 Å². The van der Waals surface area contributed by atoms with Gasteiger partial charge in [-0.1, -0.05) is 59.6 Å². The topological polar surface area (TPSA) is 128 Å². The summed E-state index contributed by atoms with van der Waals surface area (Å²) in [4.78, 5) is 28.3. The number of esters is 1. The zero-order chi connectivity index (χ0) is 28.9. The summed E-state index contributed by atoms with van der Waals surface area (Å²) in [5.74, 6) is -1.73. The maximum atomic E-state index is 14.5. The van der Waals surface area contributed by atoms with E-state index >= 15 is 0 Å². The second-order valence-electron chi connectivity index (χ2n) is 9.60. The number of fused-ring (bicyclic) bond motifs is 2. The maximum absolute atomic E-state index is 14.5. The lowest BCUT2D eigenvalue weighted by Gasteiger charge is -2.25. The molecule has 0 bridgehead atoms. The highest BCUT2D eigenvalue weighted by molar-refractivity contribution is 7.93. The number of benzene rings is 3. The van der Waals surface area contributed by atoms with Crippen LogP contribution in [-0.2, 0) is 29.8 Å². The van der Waals surface area contributed by atoms with Crippen LogP contribution in [-0.4, -0.2) is 26.9 Å². The van der Waals surface area contributed by atoms with Crippen molar-refractivity contribution in [2.75, 3.05) is 10.9 Å². The minimum Gasteiger partial charge on any atom is -0.465 e. The SMILES string of the molecule is CCOC(=O)[C@@]1(C(=C(C#N)C#N)c2ccccc2)C[C@]12C(=O)N(S(=O)(=O)c1ccc(C)cc1)c1ccc(Cl)cc12. The summed E-state index contributed by atoms with van der Waals surface area (Å²) in [5, 5.41) is 20.1. The first-order chi connectivity index (χ1) is 19.1. The number of anilines is 1. The van der Waals surface area contributed by atoms with Gasteiger partial charge in [0.15, 0.2) is 0 Å². The Morgan fingerprint density at radius 3 is 2.30 bits per heavy atom. The molecule has 2 atom stereocenters. The highest BCUT2D eigenvalue weighted by Crippen LogP contribution is 2.76. The van der Waals surface area contributed by atoms with E-state index in [0.29, 0.717) is 9.87 Å². The van der Waals surface area contributed by atoms with Gasteiger partial charge in [-0.3, -0.25) is 9.59 Å². The van der Waals surface area contributed by atoms with Crippen molar-refractivity contribution in [1.29, 1.82) is 10.5 Å². The van der Waals surface area contributed by atoms with Crippen LogP contribution in [0.15, 0.2) is 83.3 Å². The van der Waals surface area contributed by atoms with Crippen molar-refractivity contribution < 1.29 is 22.7 Å². The second-order valence-corrected chi connectivity index (χ2v) is 11.8. The minimum atomic E-state index is -4.43. The number of halogens is 1. The second kappa shape index (κ2) is 9.63. The highest BCUT2D eigenvalue weighted by Gasteiger charge is 2.83. The first-order valence-electron chi connectivity index (χ1n) is 12.3. The van der Waals surface area contributed by atoms with Gasteiger partial charge in [0.1, 0.15) is 23.1 Å². The van der Waals surface area contributed by atoms with E-state index in [4.69, 9.17) is 16.3 Å². The van der Waals surface area contributed by atoms with E-state index in [0.717, 1.165) is 5.56 Å². The molecule has 40 heavy (non-hydrogen) atoms. The summed E-state index contributed by atoms with van der Waals surface area (Å²) in [6.07, 6.45) is -0.220. The van der Waals surface area contributed by atoms with Gasteiger partial charge >= 0.3 is 5.97 Å². The van der Waals surface area contributed by atoms with E-state index in [9.17, 15) is 28.5 Å². The molecule has 10 heteroatoms. The van der Waals surface area contributed by atoms with Gasteiger partial charge in [0.25, 0.3) is 15.9 Å². The number of carbonyl (C=O) groups is 2. The molecule has 0 N–H and O–H groups in total. The van der Waals surface area contributed by atoms with Gasteiger partial charge in [-0.2, -0.15) is 10.5 Å². The largest absolute Gasteiger partial charge is 0.465 e. The molecule has 0 unspecified atom stereocenters. The van der Waals surface area contributed by atoms with Gasteiger partial charge in [0, 0.05) is 10.6 Å². The van der Waals surface area contributed by atoms with E-state index in [1.807, 2.05) is 12.1 Å². The van der Waals surface area contributed by atoms with E-state index in [1.165, 1.54) is 30.3 Å². The molecule has 3 aromatic carbocycles. The molecule has 0 radical (unpaired) electrons. The van der Waals surface area contributed by atoms with Crippen LogP contribution in [0.25, 0.3) is 5.57 Å². The fraction of sp³-hybridized carbons (Fsp3) is 0.200. The predicted molar refractivity (Wildman–Crippen MR) is 147 cm³/mol. The molecule has 8 nitrogen and oxygen atoms in total. The third-order valence-electron chi connectivity index (χ3n) is 7.47. The van der Waals surface area contributed by atoms with E-state index in [-0.39, 0.29) is 45.3 Å². The lowest BCUT2D eigenvalue weighted by molar-refractivity contribution is -0.149. The van der Waals surface area contributed by atoms with Crippen LogP contribution in [0, 0.1) is 35.0 Å². The monoisotopic (exact) mass is 571 g/mol. The first kappa shape index (κ1) is 27.1. The number of aryl methyl sites for hydroxylation is 1. The number of sulfonamides is 1. The number of hydrogen-bond acceptors (Lipinski definition) is 7. The van der Waals surface area contributed by atoms with Crippen molar-refractivity contribution in [1.82, 2.24) is 0 Å². The Kier molecular flexibility index (Phi) is 6.54. The van der Waals surface area contributed by atoms with Gasteiger partial charge in [-0.05, 0) is 61.7 Å². The van der Waals surface area contributed by atoms with Crippen LogP contribution in [0.5, 0.6) is 0 Å². The lowest BCUT2D eigenvalue weighted by atomic mass is 9.77. The first-order valence-corrected chi connectivity index (χ1v) is 14.2. The number of nitrogens with zero attached hydrogens (tertiary/aromatic N) is 3. The van der Waals surface area contributed by atoms with Crippen LogP contribution >= 0.6 is 11.6 Å². The third kappa shape index (κ3) is 3.66. The van der Waals surface area contributed by atoms with Gasteiger partial charge in [-0.15, -0.1) is 0 Å². The molecular formula is C30H22ClN3O5S. The number of carbonyl (C=O) groups excluding carboxylic acids is 2. The molecule has 1 saturated carbocycles. The Balaban J connectivity index is 1.83. The average molecular weight is 572 g/mol. The predicted octanol–water partition coefficient (Wildman–Crippen LogP) is 5.08. The van der Waals surface area contributed by atoms with Crippen LogP contribution < -0.4 is 4.31 Å². The summed E-state index contributed by atoms with van der Waals surface area (Å²) >= 11 is 6.36. The fourth-order valence-corrected chi connectivity index (χ4v) is 7.32. The van der Waals surface area contributed by atoms with Crippen LogP contribution in [0.4, 0.5) is 5.69 Å². The lowest BCUT2D eigenvalue weighted by Crippen LogP contribution is -2.41. The molecule has 5 rings (SSSR count). The molecule has 0 saturated heterocycles. The van der Waals surface area contributed by atoms with E-state index in [2.05, 4.69) is 0 Å². The Morgan fingerprint density at radius 2 is 1.70 bits per heavy atom. The Hall–Kier alpha value is -4.44. The summed E-state index contributed by atoms with van der Waals surface area (Å²) in [5.41, 5.74) is -2.58. The maximum Gasteiger partial charge on any atom is 0.318 e. The van der Waals surface area contributed by atoms with Crippen molar-refractivity contribution >= 4 is 44.8 Å². The highest BCUT2D eigenvalue weighted by atomic mass is 35.5. The standard InChI is InChI=1S/C30H22ClN3O5S/c1-3-39-28(36)30(26(21(16-32)17-33)20-7-5-4-6-8-20)18-29(30)24-15-22(31)11-14-25(24)34(27(29)35)40(37,38)23-12-9-19(2)10-13-23/h4-15H,3,18H2,1-2H3/t29-,30-/m0/s1. The number of ether oxygens (including phenoxy) is 1. The van der Waals surface area contributed by atoms with Crippen molar-refractivity contribution in [2.24, 2.45) is 5.41 Å². The summed E-state index contributed by atoms with van der Waals surface area (Å²) in [7, 11) is -4.43. The number of nitriles is 2. The fourth-order valence-electron chi connectivity index (χ4n) is 5.67. The molecule has 1 heterocycles. The summed E-state index contributed by atoms with van der Waals surface area (Å²) in [6.45, 7) is 3.35. The molecule has 1 aliphatic heterocycles. The van der Waals surface area contributed by atoms with Gasteiger partial charge in [0.2, 0.25) is 0 Å². The normalized spacial score (nSPS) is 20.8. The summed E-state index contributed by atoms with van der Waals surface area (Å²) < 4.78 is 34.1. The Labute approximate surface area is 236 Å². The van der Waals surface area contributed by atoms with Crippen LogP contribution in [0.3, 0.4) is 0 Å². The molecular weight excluding hydrogens is 550 g/mol. The Morgan fingerprint density at radius 1 is 1.05 bits per heavy atom. The zero-order valence-corrected chi connectivity index (χ0v) is 23.1. The van der Waals surface area contributed by atoms with Gasteiger partial charge < -0.3 is 4.74 Å². The number of amides is 1. The minimum absolute atomic E-state index is 0.00501. The number of hydrogen-bond donors (Lipinski definition) is 0. The third-order valence-corrected chi connectivity index (χ3v) is 9.41. The molecule has 1 spiro atoms. The zero-order valence-electron chi connectivity index (χ0n) is 21.5. The molecule has 1 fully saturated rings. The van der Waals surface area contributed by atoms with Gasteiger partial charge in [-0.25, -0.2) is 12.7 Å².